The summed E-state index contributed by atoms with van der Waals surface area (Å²) in [5, 5.41) is 3.04. The van der Waals surface area contributed by atoms with Crippen molar-refractivity contribution in [2.45, 2.75) is 12.5 Å². The van der Waals surface area contributed by atoms with Crippen LogP contribution in [0.3, 0.4) is 0 Å². The van der Waals surface area contributed by atoms with Gasteiger partial charge in [-0.1, -0.05) is 12.1 Å². The van der Waals surface area contributed by atoms with Gasteiger partial charge in [-0.15, -0.1) is 0 Å². The van der Waals surface area contributed by atoms with Gasteiger partial charge in [0.1, 0.15) is 17.6 Å². The highest BCUT2D eigenvalue weighted by Gasteiger charge is 2.39. The third kappa shape index (κ3) is 2.88. The van der Waals surface area contributed by atoms with E-state index < -0.39 is 11.9 Å². The van der Waals surface area contributed by atoms with E-state index in [4.69, 9.17) is 4.74 Å². The Labute approximate surface area is 132 Å². The summed E-state index contributed by atoms with van der Waals surface area (Å²) in [4.78, 5) is 25.8. The van der Waals surface area contributed by atoms with Crippen LogP contribution in [-0.4, -0.2) is 25.0 Å². The molecule has 1 aliphatic heterocycles. The van der Waals surface area contributed by atoms with Crippen molar-refractivity contribution >= 4 is 23.2 Å². The molecule has 1 heterocycles. The molecule has 5 nitrogen and oxygen atoms in total. The van der Waals surface area contributed by atoms with Crippen molar-refractivity contribution in [1.29, 1.82) is 0 Å². The molecule has 0 spiro atoms. The average molecular weight is 314 g/mol. The minimum Gasteiger partial charge on any atom is -0.495 e. The maximum absolute atomic E-state index is 13.0. The van der Waals surface area contributed by atoms with E-state index in [0.29, 0.717) is 17.1 Å². The molecule has 1 aliphatic rings. The number of carbonyl (C=O) groups excluding carboxylic acids is 2. The Hall–Kier alpha value is -2.89. The molecule has 0 aromatic heterocycles. The molecular formula is C17H15FN2O3. The molecule has 118 valence electrons. The molecule has 3 rings (SSSR count). The quantitative estimate of drug-likeness (QED) is 0.881. The van der Waals surface area contributed by atoms with Crippen LogP contribution in [0.25, 0.3) is 0 Å². The number of nitrogens with one attached hydrogen (secondary N) is 1. The zero-order valence-electron chi connectivity index (χ0n) is 12.5. The Balaban J connectivity index is 1.82. The molecule has 1 saturated heterocycles. The van der Waals surface area contributed by atoms with Crippen LogP contribution < -0.4 is 15.0 Å². The van der Waals surface area contributed by atoms with Crippen LogP contribution in [-0.2, 0) is 9.59 Å². The molecule has 0 radical (unpaired) electrons. The topological polar surface area (TPSA) is 58.6 Å². The highest BCUT2D eigenvalue weighted by Crippen LogP contribution is 2.28. The molecule has 6 heteroatoms. The second-order valence-corrected chi connectivity index (χ2v) is 5.15. The zero-order chi connectivity index (χ0) is 16.4. The maximum atomic E-state index is 13.0. The third-order valence-electron chi connectivity index (χ3n) is 3.67. The Morgan fingerprint density at radius 1 is 1.13 bits per heavy atom. The van der Waals surface area contributed by atoms with Crippen LogP contribution in [0.5, 0.6) is 5.75 Å². The van der Waals surface area contributed by atoms with Crippen molar-refractivity contribution in [1.82, 2.24) is 0 Å². The first-order valence-electron chi connectivity index (χ1n) is 7.12. The van der Waals surface area contributed by atoms with E-state index in [1.807, 2.05) is 12.1 Å². The molecule has 1 fully saturated rings. The van der Waals surface area contributed by atoms with Gasteiger partial charge in [-0.05, 0) is 36.4 Å². The molecule has 1 N–H and O–H groups in total. The molecule has 0 aliphatic carbocycles. The van der Waals surface area contributed by atoms with Gasteiger partial charge in [0.25, 0.3) is 5.91 Å². The largest absolute Gasteiger partial charge is 0.495 e. The highest BCUT2D eigenvalue weighted by atomic mass is 19.1. The number of benzene rings is 2. The SMILES string of the molecule is COc1ccccc1N[C@@H]1CC(=O)N(c2ccc(F)cc2)C1=O. The van der Waals surface area contributed by atoms with Crippen LogP contribution >= 0.6 is 0 Å². The second-order valence-electron chi connectivity index (χ2n) is 5.15. The van der Waals surface area contributed by atoms with Gasteiger partial charge < -0.3 is 10.1 Å². The predicted octanol–water partition coefficient (Wildman–Crippen LogP) is 2.58. The number of rotatable bonds is 4. The van der Waals surface area contributed by atoms with Crippen LogP contribution in [0.15, 0.2) is 48.5 Å². The fraction of sp³-hybridized carbons (Fsp3) is 0.176. The summed E-state index contributed by atoms with van der Waals surface area (Å²) < 4.78 is 18.2. The molecule has 2 aromatic carbocycles. The lowest BCUT2D eigenvalue weighted by molar-refractivity contribution is -0.121. The van der Waals surface area contributed by atoms with Crippen LogP contribution in [0, 0.1) is 5.82 Å². The van der Waals surface area contributed by atoms with Crippen LogP contribution in [0.1, 0.15) is 6.42 Å². The summed E-state index contributed by atoms with van der Waals surface area (Å²) in [6.45, 7) is 0. The van der Waals surface area contributed by atoms with Gasteiger partial charge in [-0.2, -0.15) is 0 Å². The highest BCUT2D eigenvalue weighted by molar-refractivity contribution is 6.23. The standard InChI is InChI=1S/C17H15FN2O3/c1-23-15-5-3-2-4-13(15)19-14-10-16(21)20(17(14)22)12-8-6-11(18)7-9-12/h2-9,14,19H,10H2,1H3/t14-/m1/s1. The normalized spacial score (nSPS) is 17.5. The number of imide groups is 1. The molecule has 0 bridgehead atoms. The molecule has 1 atom stereocenters. The lowest BCUT2D eigenvalue weighted by Gasteiger charge is -2.17. The first kappa shape index (κ1) is 15.0. The monoisotopic (exact) mass is 314 g/mol. The lowest BCUT2D eigenvalue weighted by atomic mass is 10.2. The van der Waals surface area contributed by atoms with Gasteiger partial charge in [-0.3, -0.25) is 9.59 Å². The number of amides is 2. The average Bonchev–Trinajstić information content (AvgIpc) is 2.83. The van der Waals surface area contributed by atoms with E-state index in [-0.39, 0.29) is 18.2 Å². The number of ether oxygens (including phenoxy) is 1. The molecule has 0 saturated carbocycles. The van der Waals surface area contributed by atoms with Crippen molar-refractivity contribution in [3.63, 3.8) is 0 Å². The van der Waals surface area contributed by atoms with E-state index >= 15 is 0 Å². The molecular weight excluding hydrogens is 299 g/mol. The van der Waals surface area contributed by atoms with E-state index in [1.165, 1.54) is 31.4 Å². The van der Waals surface area contributed by atoms with Crippen molar-refractivity contribution in [2.24, 2.45) is 0 Å². The van der Waals surface area contributed by atoms with Gasteiger partial charge in [0.2, 0.25) is 5.91 Å². The van der Waals surface area contributed by atoms with Gasteiger partial charge in [0.05, 0.1) is 24.9 Å². The van der Waals surface area contributed by atoms with E-state index in [2.05, 4.69) is 5.32 Å². The summed E-state index contributed by atoms with van der Waals surface area (Å²) in [5.41, 5.74) is 1.01. The third-order valence-corrected chi connectivity index (χ3v) is 3.67. The first-order chi connectivity index (χ1) is 11.1. The summed E-state index contributed by atoms with van der Waals surface area (Å²) in [6, 6.07) is 11.8. The summed E-state index contributed by atoms with van der Waals surface area (Å²) in [6.07, 6.45) is 0.0360. The maximum Gasteiger partial charge on any atom is 0.256 e. The molecule has 2 amide bonds. The smallest absolute Gasteiger partial charge is 0.256 e. The van der Waals surface area contributed by atoms with E-state index in [0.717, 1.165) is 4.90 Å². The van der Waals surface area contributed by atoms with Crippen LogP contribution in [0.4, 0.5) is 15.8 Å². The van der Waals surface area contributed by atoms with E-state index in [1.54, 1.807) is 12.1 Å². The molecule has 2 aromatic rings. The van der Waals surface area contributed by atoms with Gasteiger partial charge in [0.15, 0.2) is 0 Å². The molecule has 23 heavy (non-hydrogen) atoms. The minimum atomic E-state index is -0.677. The lowest BCUT2D eigenvalue weighted by Crippen LogP contribution is -2.34. The Bertz CT molecular complexity index is 746. The minimum absolute atomic E-state index is 0.0360. The van der Waals surface area contributed by atoms with Crippen molar-refractivity contribution < 1.29 is 18.7 Å². The van der Waals surface area contributed by atoms with Crippen molar-refractivity contribution in [3.05, 3.63) is 54.3 Å². The number of carbonyl (C=O) groups is 2. The first-order valence-corrected chi connectivity index (χ1v) is 7.12. The number of anilines is 2. The number of halogens is 1. The number of hydrogen-bond donors (Lipinski definition) is 1. The number of hydrogen-bond acceptors (Lipinski definition) is 4. The van der Waals surface area contributed by atoms with Crippen molar-refractivity contribution in [2.75, 3.05) is 17.3 Å². The van der Waals surface area contributed by atoms with Crippen LogP contribution in [0.2, 0.25) is 0 Å². The number of para-hydroxylation sites is 2. The van der Waals surface area contributed by atoms with Gasteiger partial charge in [0, 0.05) is 0 Å². The number of nitrogens with zero attached hydrogens (tertiary/aromatic N) is 1. The second kappa shape index (κ2) is 6.08. The van der Waals surface area contributed by atoms with Gasteiger partial charge >= 0.3 is 0 Å². The fourth-order valence-corrected chi connectivity index (χ4v) is 2.56. The summed E-state index contributed by atoms with van der Waals surface area (Å²) in [5.74, 6) is -0.522. The summed E-state index contributed by atoms with van der Waals surface area (Å²) in [7, 11) is 1.53. The van der Waals surface area contributed by atoms with Crippen molar-refractivity contribution in [3.8, 4) is 5.75 Å². The van der Waals surface area contributed by atoms with E-state index in [9.17, 15) is 14.0 Å². The molecule has 0 unspecified atom stereocenters. The Morgan fingerprint density at radius 2 is 1.83 bits per heavy atom. The van der Waals surface area contributed by atoms with Gasteiger partial charge in [-0.25, -0.2) is 9.29 Å². The predicted molar refractivity (Wildman–Crippen MR) is 83.9 cm³/mol. The zero-order valence-corrected chi connectivity index (χ0v) is 12.5. The fourth-order valence-electron chi connectivity index (χ4n) is 2.56. The Morgan fingerprint density at radius 3 is 2.52 bits per heavy atom. The summed E-state index contributed by atoms with van der Waals surface area (Å²) >= 11 is 0. The Kier molecular flexibility index (Phi) is 3.97. The number of methoxy groups -OCH3 is 1.